The molecule has 34 heavy (non-hydrogen) atoms. The topological polar surface area (TPSA) is 59.8 Å². The molecule has 1 amide bonds. The molecule has 0 spiro atoms. The number of carbonyl (C=O) groups excluding carboxylic acids is 1. The number of fused-ring (bicyclic) bond motifs is 2. The number of hydrogen-bond acceptors (Lipinski definition) is 4. The molecule has 1 aliphatic rings. The Morgan fingerprint density at radius 1 is 1.03 bits per heavy atom. The number of rotatable bonds is 5. The molecule has 3 aromatic carbocycles. The first-order valence-electron chi connectivity index (χ1n) is 10.8. The zero-order valence-electron chi connectivity index (χ0n) is 18.6. The molecule has 4 aromatic rings. The van der Waals surface area contributed by atoms with Gasteiger partial charge in [0.15, 0.2) is 5.43 Å². The maximum atomic E-state index is 13.6. The van der Waals surface area contributed by atoms with Gasteiger partial charge in [0.05, 0.1) is 24.1 Å². The summed E-state index contributed by atoms with van der Waals surface area (Å²) in [7, 11) is 1.62. The van der Waals surface area contributed by atoms with Crippen LogP contribution >= 0.6 is 23.2 Å². The van der Waals surface area contributed by atoms with E-state index in [9.17, 15) is 9.59 Å². The van der Waals surface area contributed by atoms with Crippen LogP contribution in [0.15, 0.2) is 69.9 Å². The Hall–Kier alpha value is -3.28. The fraction of sp³-hybridized carbons (Fsp3) is 0.185. The van der Waals surface area contributed by atoms with Gasteiger partial charge in [0, 0.05) is 16.6 Å². The van der Waals surface area contributed by atoms with Gasteiger partial charge >= 0.3 is 0 Å². The van der Waals surface area contributed by atoms with Gasteiger partial charge in [-0.3, -0.25) is 9.59 Å². The van der Waals surface area contributed by atoms with Crippen LogP contribution in [0.4, 0.5) is 0 Å². The number of nitrogens with zero attached hydrogens (tertiary/aromatic N) is 1. The Kier molecular flexibility index (Phi) is 5.84. The van der Waals surface area contributed by atoms with E-state index >= 15 is 0 Å². The number of ether oxygens (including phenoxy) is 1. The first kappa shape index (κ1) is 22.5. The quantitative estimate of drug-likeness (QED) is 0.331. The number of carbonyl (C=O) groups is 1. The lowest BCUT2D eigenvalue weighted by molar-refractivity contribution is 0.0730. The van der Waals surface area contributed by atoms with E-state index in [-0.39, 0.29) is 17.1 Å². The number of aryl methyl sites for hydroxylation is 1. The predicted octanol–water partition coefficient (Wildman–Crippen LogP) is 6.20. The minimum atomic E-state index is -0.611. The highest BCUT2D eigenvalue weighted by Crippen LogP contribution is 2.39. The molecule has 1 atom stereocenters. The van der Waals surface area contributed by atoms with Crippen LogP contribution in [0.2, 0.25) is 10.0 Å². The van der Waals surface area contributed by atoms with Crippen molar-refractivity contribution in [3.05, 3.63) is 109 Å². The molecule has 2 heterocycles. The SMILES string of the molecule is COc1ccc(CCN2C(=O)c3oc4cc(C)c(Cl)cc4c(=O)c3C2c2cccc(Cl)c2)cc1. The van der Waals surface area contributed by atoms with Gasteiger partial charge in [-0.05, 0) is 66.4 Å². The first-order chi connectivity index (χ1) is 16.4. The maximum absolute atomic E-state index is 13.6. The third-order valence-corrected chi connectivity index (χ3v) is 6.85. The Morgan fingerprint density at radius 2 is 1.79 bits per heavy atom. The maximum Gasteiger partial charge on any atom is 0.290 e. The number of hydrogen-bond donors (Lipinski definition) is 0. The number of methoxy groups -OCH3 is 1. The van der Waals surface area contributed by atoms with Crippen LogP contribution in [0.3, 0.4) is 0 Å². The van der Waals surface area contributed by atoms with E-state index in [1.165, 1.54) is 0 Å². The molecule has 7 heteroatoms. The van der Waals surface area contributed by atoms with E-state index in [2.05, 4.69) is 0 Å². The van der Waals surface area contributed by atoms with Crippen molar-refractivity contribution in [2.45, 2.75) is 19.4 Å². The molecular formula is C27H21Cl2NO4. The summed E-state index contributed by atoms with van der Waals surface area (Å²) < 4.78 is 11.3. The number of halogens is 2. The number of benzene rings is 3. The highest BCUT2D eigenvalue weighted by Gasteiger charge is 2.42. The van der Waals surface area contributed by atoms with E-state index in [1.54, 1.807) is 36.3 Å². The van der Waals surface area contributed by atoms with E-state index in [0.29, 0.717) is 39.5 Å². The summed E-state index contributed by atoms with van der Waals surface area (Å²) in [6, 6.07) is 17.6. The van der Waals surface area contributed by atoms with Gasteiger partial charge in [-0.25, -0.2) is 0 Å². The van der Waals surface area contributed by atoms with Crippen LogP contribution in [0.25, 0.3) is 11.0 Å². The van der Waals surface area contributed by atoms with Crippen molar-refractivity contribution in [1.29, 1.82) is 0 Å². The Balaban J connectivity index is 1.62. The Bertz CT molecular complexity index is 1480. The fourth-order valence-electron chi connectivity index (χ4n) is 4.44. The molecular weight excluding hydrogens is 473 g/mol. The Morgan fingerprint density at radius 3 is 2.50 bits per heavy atom. The zero-order valence-corrected chi connectivity index (χ0v) is 20.1. The normalized spacial score (nSPS) is 15.1. The van der Waals surface area contributed by atoms with E-state index in [0.717, 1.165) is 22.4 Å². The standard InChI is InChI=1S/C27H21Cl2NO4/c1-15-12-22-20(14-21(15)29)25(31)23-24(17-4-3-5-18(28)13-17)30(27(32)26(23)34-22)11-10-16-6-8-19(33-2)9-7-16/h3-9,12-14,24H,10-11H2,1-2H3. The first-order valence-corrected chi connectivity index (χ1v) is 11.6. The molecule has 5 rings (SSSR count). The lowest BCUT2D eigenvalue weighted by atomic mass is 9.98. The van der Waals surface area contributed by atoms with Crippen LogP contribution < -0.4 is 10.2 Å². The van der Waals surface area contributed by atoms with E-state index in [4.69, 9.17) is 32.4 Å². The third-order valence-electron chi connectivity index (χ3n) is 6.21. The van der Waals surface area contributed by atoms with Gasteiger partial charge < -0.3 is 14.1 Å². The highest BCUT2D eigenvalue weighted by atomic mass is 35.5. The van der Waals surface area contributed by atoms with Crippen molar-refractivity contribution in [3.8, 4) is 5.75 Å². The van der Waals surface area contributed by atoms with Crippen molar-refractivity contribution in [2.75, 3.05) is 13.7 Å². The van der Waals surface area contributed by atoms with Crippen molar-refractivity contribution in [3.63, 3.8) is 0 Å². The molecule has 0 aliphatic carbocycles. The lowest BCUT2D eigenvalue weighted by Crippen LogP contribution is -2.31. The zero-order chi connectivity index (χ0) is 24.0. The summed E-state index contributed by atoms with van der Waals surface area (Å²) in [5, 5.41) is 1.35. The highest BCUT2D eigenvalue weighted by molar-refractivity contribution is 6.32. The van der Waals surface area contributed by atoms with Gasteiger partial charge in [-0.2, -0.15) is 0 Å². The molecule has 0 radical (unpaired) electrons. The van der Waals surface area contributed by atoms with Gasteiger partial charge in [0.1, 0.15) is 11.3 Å². The summed E-state index contributed by atoms with van der Waals surface area (Å²) in [5.41, 5.74) is 2.96. The van der Waals surface area contributed by atoms with Gasteiger partial charge in [0.2, 0.25) is 5.76 Å². The summed E-state index contributed by atoms with van der Waals surface area (Å²) in [4.78, 5) is 28.9. The predicted molar refractivity (Wildman–Crippen MR) is 133 cm³/mol. The summed E-state index contributed by atoms with van der Waals surface area (Å²) in [6.07, 6.45) is 0.597. The van der Waals surface area contributed by atoms with E-state index < -0.39 is 6.04 Å². The van der Waals surface area contributed by atoms with Crippen LogP contribution in [-0.2, 0) is 6.42 Å². The molecule has 0 saturated carbocycles. The Labute approximate surface area is 206 Å². The fourth-order valence-corrected chi connectivity index (χ4v) is 4.80. The molecule has 0 N–H and O–H groups in total. The lowest BCUT2D eigenvalue weighted by Gasteiger charge is -2.25. The second-order valence-electron chi connectivity index (χ2n) is 8.33. The van der Waals surface area contributed by atoms with Crippen molar-refractivity contribution in [2.24, 2.45) is 0 Å². The molecule has 0 saturated heterocycles. The third kappa shape index (κ3) is 3.85. The molecule has 1 unspecified atom stereocenters. The monoisotopic (exact) mass is 493 g/mol. The minimum Gasteiger partial charge on any atom is -0.497 e. The second-order valence-corrected chi connectivity index (χ2v) is 9.17. The second kappa shape index (κ2) is 8.82. The minimum absolute atomic E-state index is 0.0685. The van der Waals surface area contributed by atoms with Crippen LogP contribution in [0.5, 0.6) is 5.75 Å². The largest absolute Gasteiger partial charge is 0.497 e. The molecule has 1 aromatic heterocycles. The van der Waals surface area contributed by atoms with Crippen LogP contribution in [0, 0.1) is 6.92 Å². The summed E-state index contributed by atoms with van der Waals surface area (Å²) in [6.45, 7) is 2.22. The molecule has 1 aliphatic heterocycles. The van der Waals surface area contributed by atoms with Gasteiger partial charge in [0.25, 0.3) is 5.91 Å². The van der Waals surface area contributed by atoms with Crippen molar-refractivity contribution in [1.82, 2.24) is 4.90 Å². The van der Waals surface area contributed by atoms with Crippen molar-refractivity contribution < 1.29 is 13.9 Å². The molecule has 0 bridgehead atoms. The van der Waals surface area contributed by atoms with Crippen molar-refractivity contribution >= 4 is 40.1 Å². The average Bonchev–Trinajstić information content (AvgIpc) is 3.11. The van der Waals surface area contributed by atoms with Gasteiger partial charge in [-0.15, -0.1) is 0 Å². The molecule has 0 fully saturated rings. The van der Waals surface area contributed by atoms with E-state index in [1.807, 2.05) is 43.3 Å². The van der Waals surface area contributed by atoms with Gasteiger partial charge in [-0.1, -0.05) is 47.5 Å². The summed E-state index contributed by atoms with van der Waals surface area (Å²) in [5.74, 6) is 0.514. The number of amides is 1. The molecule has 5 nitrogen and oxygen atoms in total. The van der Waals surface area contributed by atoms with Crippen LogP contribution in [0.1, 0.15) is 38.9 Å². The molecule has 172 valence electrons. The summed E-state index contributed by atoms with van der Waals surface area (Å²) >= 11 is 12.6. The average molecular weight is 494 g/mol. The smallest absolute Gasteiger partial charge is 0.290 e. The van der Waals surface area contributed by atoms with Crippen LogP contribution in [-0.4, -0.2) is 24.5 Å².